The number of halogens is 3. The number of anilines is 1. The summed E-state index contributed by atoms with van der Waals surface area (Å²) in [4.78, 5) is 72.4. The number of carboxylic acids is 2. The third kappa shape index (κ3) is 12.2. The molecule has 0 aliphatic carbocycles. The summed E-state index contributed by atoms with van der Waals surface area (Å²) in [7, 11) is -4.10. The van der Waals surface area contributed by atoms with Gasteiger partial charge >= 0.3 is 24.4 Å². The molecular weight excluding hydrogens is 893 g/mol. The lowest BCUT2D eigenvalue weighted by Crippen LogP contribution is -2.39. The van der Waals surface area contributed by atoms with E-state index in [1.807, 2.05) is 4.57 Å². The van der Waals surface area contributed by atoms with Crippen molar-refractivity contribution in [3.8, 4) is 18.1 Å². The van der Waals surface area contributed by atoms with E-state index in [9.17, 15) is 32.5 Å². The monoisotopic (exact) mass is 930 g/mol. The number of nitrogens with zero attached hydrogens (tertiary/aromatic N) is 7. The molecule has 7 rings (SSSR count). The summed E-state index contributed by atoms with van der Waals surface area (Å²) < 4.78 is 53.9. The SMILES string of the molecule is C#CCN1C(=O)COc2cc(F)c(N=c3snc4n3CC(C)(C)C4)cc21.O=C(O)CNCP(=O)(O)O.O=C(O)CSc1cc(N=c2sc(=O)n3n2CCCC3)c(F)cc1Cl. The summed E-state index contributed by atoms with van der Waals surface area (Å²) >= 11 is 9.16. The molecule has 0 saturated heterocycles. The number of carbonyl (C=O) groups excluding carboxylic acids is 1. The zero-order chi connectivity index (χ0) is 43.9. The molecule has 322 valence electrons. The fraction of sp³-hybridized carbons (Fsp3) is 0.400. The highest BCUT2D eigenvalue weighted by Crippen LogP contribution is 2.38. The van der Waals surface area contributed by atoms with Gasteiger partial charge in [0.1, 0.15) is 28.8 Å². The van der Waals surface area contributed by atoms with Crippen LogP contribution in [0.15, 0.2) is 43.9 Å². The molecule has 3 aliphatic heterocycles. The Kier molecular flexibility index (Phi) is 15.3. The topological polar surface area (TPSA) is 243 Å². The van der Waals surface area contributed by atoms with Crippen molar-refractivity contribution >= 4 is 88.7 Å². The number of aromatic nitrogens is 4. The van der Waals surface area contributed by atoms with Gasteiger partial charge < -0.3 is 29.3 Å². The summed E-state index contributed by atoms with van der Waals surface area (Å²) in [6, 6.07) is 5.28. The fourth-order valence-corrected chi connectivity index (χ4v) is 8.97. The quantitative estimate of drug-likeness (QED) is 0.0866. The molecule has 25 heteroatoms. The number of aliphatic carboxylic acids is 2. The molecular formula is C35H38ClF2N8O10PS3. The van der Waals surface area contributed by atoms with Crippen LogP contribution in [0.1, 0.15) is 32.5 Å². The number of hydrogen-bond acceptors (Lipinski definition) is 13. The first-order valence-corrected chi connectivity index (χ1v) is 22.5. The average molecular weight is 931 g/mol. The molecule has 2 aromatic heterocycles. The minimum Gasteiger partial charge on any atom is -0.481 e. The van der Waals surface area contributed by atoms with Crippen LogP contribution in [0, 0.1) is 29.4 Å². The lowest BCUT2D eigenvalue weighted by Gasteiger charge is -2.28. The van der Waals surface area contributed by atoms with Crippen molar-refractivity contribution in [1.82, 2.24) is 23.6 Å². The lowest BCUT2D eigenvalue weighted by atomic mass is 9.92. The predicted molar refractivity (Wildman–Crippen MR) is 219 cm³/mol. The Bertz CT molecular complexity index is 2590. The number of benzene rings is 2. The lowest BCUT2D eigenvalue weighted by molar-refractivity contribution is -0.136. The molecule has 18 nitrogen and oxygen atoms in total. The molecule has 60 heavy (non-hydrogen) atoms. The van der Waals surface area contributed by atoms with Crippen molar-refractivity contribution < 1.29 is 52.5 Å². The van der Waals surface area contributed by atoms with E-state index in [2.05, 4.69) is 39.4 Å². The van der Waals surface area contributed by atoms with E-state index >= 15 is 0 Å². The molecule has 1 amide bonds. The van der Waals surface area contributed by atoms with E-state index in [4.69, 9.17) is 42.8 Å². The third-order valence-corrected chi connectivity index (χ3v) is 12.2. The normalized spacial score (nSPS) is 15.7. The average Bonchev–Trinajstić information content (AvgIpc) is 3.79. The number of nitrogens with one attached hydrogen (secondary N) is 1. The fourth-order valence-electron chi connectivity index (χ4n) is 5.93. The minimum atomic E-state index is -4.10. The molecule has 2 aromatic carbocycles. The number of carboxylic acid groups (broad SMARTS) is 2. The summed E-state index contributed by atoms with van der Waals surface area (Å²) in [5, 5.41) is 19.0. The van der Waals surface area contributed by atoms with E-state index in [0.29, 0.717) is 39.0 Å². The zero-order valence-corrected chi connectivity index (χ0v) is 35.9. The molecule has 0 spiro atoms. The Balaban J connectivity index is 0.000000187. The van der Waals surface area contributed by atoms with Gasteiger partial charge in [-0.05, 0) is 47.8 Å². The van der Waals surface area contributed by atoms with Crippen molar-refractivity contribution in [2.75, 3.05) is 36.6 Å². The van der Waals surface area contributed by atoms with Gasteiger partial charge in [0.25, 0.3) is 5.91 Å². The molecule has 0 unspecified atom stereocenters. The summed E-state index contributed by atoms with van der Waals surface area (Å²) in [6.45, 7) is 5.91. The van der Waals surface area contributed by atoms with Gasteiger partial charge in [0.15, 0.2) is 12.4 Å². The van der Waals surface area contributed by atoms with Gasteiger partial charge in [-0.25, -0.2) is 23.4 Å². The van der Waals surface area contributed by atoms with E-state index < -0.39 is 44.0 Å². The van der Waals surface area contributed by atoms with Crippen molar-refractivity contribution in [3.63, 3.8) is 0 Å². The number of thioether (sulfide) groups is 1. The van der Waals surface area contributed by atoms with Gasteiger partial charge in [-0.15, -0.1) is 18.2 Å². The number of fused-ring (bicyclic) bond motifs is 3. The molecule has 0 saturated carbocycles. The van der Waals surface area contributed by atoms with Crippen LogP contribution in [0.2, 0.25) is 5.02 Å². The Morgan fingerprint density at radius 2 is 1.73 bits per heavy atom. The molecule has 0 fully saturated rings. The first kappa shape index (κ1) is 46.4. The Labute approximate surface area is 357 Å². The van der Waals surface area contributed by atoms with E-state index in [1.54, 1.807) is 9.36 Å². The van der Waals surface area contributed by atoms with E-state index in [0.717, 1.165) is 60.8 Å². The maximum Gasteiger partial charge on any atom is 0.339 e. The highest BCUT2D eigenvalue weighted by Gasteiger charge is 2.31. The minimum absolute atomic E-state index is 0.0370. The standard InChI is InChI=1S/C18H17FN4O2S.C14H13ClFN3O3S2.C3H8NO5P/c1-4-5-22-13-7-12(11(19)6-14(13)25-9-16(22)24)20-17-23-10-18(2,3)8-15(23)21-26-17;15-8-5-9(16)10(6-11(8)23-7-12(20)21)17-13-18-3-1-2-4-19(18)14(22)24-13;5-3(6)1-4-2-10(7,8)9/h1,6-7H,5,8-10H2,2-3H3;5-6H,1-4,7H2,(H,20,21);4H,1-2H2,(H,5,6)(H2,7,8,9). The number of hydrogen-bond donors (Lipinski definition) is 5. The molecule has 0 radical (unpaired) electrons. The van der Waals surface area contributed by atoms with Gasteiger partial charge in [0.05, 0.1) is 35.8 Å². The van der Waals surface area contributed by atoms with Crippen LogP contribution in [-0.2, 0) is 45.0 Å². The first-order valence-electron chi connectivity index (χ1n) is 17.7. The Morgan fingerprint density at radius 1 is 1.07 bits per heavy atom. The molecule has 3 aliphatic rings. The van der Waals surface area contributed by atoms with Gasteiger partial charge in [-0.1, -0.05) is 31.4 Å². The van der Waals surface area contributed by atoms with Gasteiger partial charge in [0.2, 0.25) is 9.60 Å². The number of amides is 1. The largest absolute Gasteiger partial charge is 0.481 e. The van der Waals surface area contributed by atoms with Gasteiger partial charge in [-0.2, -0.15) is 4.37 Å². The molecule has 4 aromatic rings. The van der Waals surface area contributed by atoms with Gasteiger partial charge in [0, 0.05) is 48.5 Å². The van der Waals surface area contributed by atoms with Crippen molar-refractivity contribution in [2.45, 2.75) is 57.6 Å². The molecule has 0 bridgehead atoms. The highest BCUT2D eigenvalue weighted by atomic mass is 35.5. The van der Waals surface area contributed by atoms with Crippen LogP contribution in [0.5, 0.6) is 5.75 Å². The number of ether oxygens (including phenoxy) is 1. The maximum absolute atomic E-state index is 14.5. The number of carbonyl (C=O) groups is 3. The Hall–Kier alpha value is -4.66. The van der Waals surface area contributed by atoms with E-state index in [1.165, 1.54) is 34.6 Å². The van der Waals surface area contributed by atoms with Crippen LogP contribution in [0.4, 0.5) is 25.8 Å². The summed E-state index contributed by atoms with van der Waals surface area (Å²) in [5.41, 5.74) is 0.715. The van der Waals surface area contributed by atoms with Gasteiger partial charge in [-0.3, -0.25) is 38.6 Å². The van der Waals surface area contributed by atoms with Crippen LogP contribution in [0.3, 0.4) is 0 Å². The molecule has 5 heterocycles. The third-order valence-electron chi connectivity index (χ3n) is 8.49. The second kappa shape index (κ2) is 19.8. The van der Waals surface area contributed by atoms with Crippen LogP contribution in [0.25, 0.3) is 0 Å². The smallest absolute Gasteiger partial charge is 0.339 e. The molecule has 5 N–H and O–H groups in total. The van der Waals surface area contributed by atoms with Crippen molar-refractivity contribution in [1.29, 1.82) is 0 Å². The van der Waals surface area contributed by atoms with E-state index in [-0.39, 0.29) is 51.5 Å². The second-order valence-electron chi connectivity index (χ2n) is 13.9. The number of rotatable bonds is 10. The van der Waals surface area contributed by atoms with Crippen molar-refractivity contribution in [3.05, 3.63) is 66.0 Å². The predicted octanol–water partition coefficient (Wildman–Crippen LogP) is 3.76. The maximum atomic E-state index is 14.5. The first-order chi connectivity index (χ1) is 28.2. The van der Waals surface area contributed by atoms with Crippen LogP contribution >= 0.6 is 53.8 Å². The Morgan fingerprint density at radius 3 is 2.40 bits per heavy atom. The summed E-state index contributed by atoms with van der Waals surface area (Å²) in [5.74, 6) is -0.0155. The highest BCUT2D eigenvalue weighted by molar-refractivity contribution is 8.00. The zero-order valence-electron chi connectivity index (χ0n) is 31.8. The molecule has 0 atom stereocenters. The summed E-state index contributed by atoms with van der Waals surface area (Å²) in [6.07, 6.45) is 7.49. The second-order valence-corrected chi connectivity index (χ2v) is 18.7. The number of terminal acetylenes is 1. The van der Waals surface area contributed by atoms with Crippen LogP contribution in [-0.4, -0.2) is 87.9 Å². The van der Waals surface area contributed by atoms with Crippen molar-refractivity contribution in [2.24, 2.45) is 15.4 Å². The van der Waals surface area contributed by atoms with Crippen LogP contribution < -0.4 is 29.4 Å².